The highest BCUT2D eigenvalue weighted by atomic mass is 16.5. The summed E-state index contributed by atoms with van der Waals surface area (Å²) in [5.41, 5.74) is 2.49. The molecule has 0 aromatic heterocycles. The highest BCUT2D eigenvalue weighted by Crippen LogP contribution is 2.19. The predicted molar refractivity (Wildman–Crippen MR) is 87.6 cm³/mol. The fraction of sp³-hybridized carbons (Fsp3) is 0.333. The van der Waals surface area contributed by atoms with Gasteiger partial charge in [-0.2, -0.15) is 0 Å². The van der Waals surface area contributed by atoms with E-state index < -0.39 is 0 Å². The van der Waals surface area contributed by atoms with Gasteiger partial charge in [0.15, 0.2) is 0 Å². The Morgan fingerprint density at radius 3 is 2.33 bits per heavy atom. The topological polar surface area (TPSA) is 24.5 Å². The first-order chi connectivity index (χ1) is 10.2. The van der Waals surface area contributed by atoms with E-state index in [1.807, 2.05) is 18.2 Å². The summed E-state index contributed by atoms with van der Waals surface area (Å²) in [6.45, 7) is 1.75. The Bertz CT molecular complexity index is 540. The van der Waals surface area contributed by atoms with E-state index in [2.05, 4.69) is 60.7 Å². The first-order valence-electron chi connectivity index (χ1n) is 7.25. The van der Waals surface area contributed by atoms with Gasteiger partial charge in [-0.05, 0) is 25.7 Å². The summed E-state index contributed by atoms with van der Waals surface area (Å²) >= 11 is 0. The Labute approximate surface area is 127 Å². The second kappa shape index (κ2) is 7.81. The zero-order chi connectivity index (χ0) is 15.1. The fourth-order valence-electron chi connectivity index (χ4n) is 2.42. The third kappa shape index (κ3) is 4.59. The van der Waals surface area contributed by atoms with E-state index in [9.17, 15) is 0 Å². The quantitative estimate of drug-likeness (QED) is 0.845. The van der Waals surface area contributed by atoms with Crippen molar-refractivity contribution in [3.8, 4) is 5.75 Å². The minimum Gasteiger partial charge on any atom is -0.496 e. The Kier molecular flexibility index (Phi) is 5.78. The van der Waals surface area contributed by atoms with Gasteiger partial charge in [0.25, 0.3) is 0 Å². The number of rotatable bonds is 7. The molecule has 21 heavy (non-hydrogen) atoms. The Hall–Kier alpha value is -1.84. The van der Waals surface area contributed by atoms with E-state index in [0.29, 0.717) is 6.04 Å². The number of ether oxygens (including phenoxy) is 1. The average Bonchev–Trinajstić information content (AvgIpc) is 2.52. The van der Waals surface area contributed by atoms with Gasteiger partial charge in [0, 0.05) is 24.7 Å². The van der Waals surface area contributed by atoms with Gasteiger partial charge in [-0.3, -0.25) is 0 Å². The van der Waals surface area contributed by atoms with Gasteiger partial charge in [-0.1, -0.05) is 48.5 Å². The van der Waals surface area contributed by atoms with E-state index in [4.69, 9.17) is 4.74 Å². The molecule has 0 aliphatic heterocycles. The lowest BCUT2D eigenvalue weighted by Crippen LogP contribution is -2.31. The van der Waals surface area contributed by atoms with Crippen molar-refractivity contribution in [3.63, 3.8) is 0 Å². The number of hydrogen-bond donors (Lipinski definition) is 1. The molecule has 112 valence electrons. The van der Waals surface area contributed by atoms with E-state index in [1.165, 1.54) is 11.1 Å². The van der Waals surface area contributed by atoms with Crippen LogP contribution < -0.4 is 10.1 Å². The van der Waals surface area contributed by atoms with Crippen LogP contribution >= 0.6 is 0 Å². The van der Waals surface area contributed by atoms with Crippen molar-refractivity contribution in [1.29, 1.82) is 0 Å². The lowest BCUT2D eigenvalue weighted by molar-refractivity contribution is 0.338. The summed E-state index contributed by atoms with van der Waals surface area (Å²) < 4.78 is 5.41. The molecule has 0 fully saturated rings. The fourth-order valence-corrected chi connectivity index (χ4v) is 2.42. The van der Waals surface area contributed by atoms with Gasteiger partial charge in [0.05, 0.1) is 7.11 Å². The molecule has 1 atom stereocenters. The second-order valence-electron chi connectivity index (χ2n) is 5.42. The maximum atomic E-state index is 5.41. The summed E-state index contributed by atoms with van der Waals surface area (Å²) in [5.74, 6) is 0.932. The average molecular weight is 284 g/mol. The largest absolute Gasteiger partial charge is 0.496 e. The number of methoxy groups -OCH3 is 1. The standard InChI is InChI=1S/C18H24N2O/c1-20(2)14-17(15-9-5-4-6-10-15)19-13-16-11-7-8-12-18(16)21-3/h4-12,17,19H,13-14H2,1-3H3. The molecular weight excluding hydrogens is 260 g/mol. The summed E-state index contributed by atoms with van der Waals surface area (Å²) in [5, 5.41) is 3.64. The molecule has 0 saturated carbocycles. The number of hydrogen-bond acceptors (Lipinski definition) is 3. The molecule has 0 bridgehead atoms. The molecule has 0 saturated heterocycles. The van der Waals surface area contributed by atoms with Crippen LogP contribution in [0.5, 0.6) is 5.75 Å². The molecule has 0 radical (unpaired) electrons. The SMILES string of the molecule is COc1ccccc1CNC(CN(C)C)c1ccccc1. The third-order valence-electron chi connectivity index (χ3n) is 3.48. The van der Waals surface area contributed by atoms with Crippen molar-refractivity contribution >= 4 is 0 Å². The summed E-state index contributed by atoms with van der Waals surface area (Å²) in [6, 6.07) is 19.0. The monoisotopic (exact) mass is 284 g/mol. The Morgan fingerprint density at radius 1 is 1.00 bits per heavy atom. The maximum absolute atomic E-state index is 5.41. The first kappa shape index (κ1) is 15.5. The minimum atomic E-state index is 0.297. The zero-order valence-corrected chi connectivity index (χ0v) is 13.0. The zero-order valence-electron chi connectivity index (χ0n) is 13.0. The number of nitrogens with one attached hydrogen (secondary N) is 1. The highest BCUT2D eigenvalue weighted by molar-refractivity contribution is 5.33. The molecule has 0 aliphatic carbocycles. The van der Waals surface area contributed by atoms with Crippen molar-refractivity contribution in [2.24, 2.45) is 0 Å². The number of benzene rings is 2. The molecule has 0 aliphatic rings. The third-order valence-corrected chi connectivity index (χ3v) is 3.48. The Balaban J connectivity index is 2.09. The first-order valence-corrected chi connectivity index (χ1v) is 7.25. The van der Waals surface area contributed by atoms with E-state index >= 15 is 0 Å². The lowest BCUT2D eigenvalue weighted by atomic mass is 10.1. The van der Waals surface area contributed by atoms with Crippen LogP contribution in [-0.2, 0) is 6.54 Å². The molecule has 3 heteroatoms. The Morgan fingerprint density at radius 2 is 1.67 bits per heavy atom. The van der Waals surface area contributed by atoms with Crippen LogP contribution in [0.25, 0.3) is 0 Å². The molecule has 2 rings (SSSR count). The van der Waals surface area contributed by atoms with Crippen LogP contribution in [-0.4, -0.2) is 32.6 Å². The maximum Gasteiger partial charge on any atom is 0.123 e. The number of likely N-dealkylation sites (N-methyl/N-ethyl adjacent to an activating group) is 1. The minimum absolute atomic E-state index is 0.297. The molecule has 1 N–H and O–H groups in total. The van der Waals surface area contributed by atoms with Crippen molar-refractivity contribution in [2.45, 2.75) is 12.6 Å². The second-order valence-corrected chi connectivity index (χ2v) is 5.42. The van der Waals surface area contributed by atoms with Gasteiger partial charge >= 0.3 is 0 Å². The molecule has 2 aromatic rings. The lowest BCUT2D eigenvalue weighted by Gasteiger charge is -2.23. The predicted octanol–water partition coefficient (Wildman–Crippen LogP) is 3.09. The van der Waals surface area contributed by atoms with E-state index in [-0.39, 0.29) is 0 Å². The number of nitrogens with zero attached hydrogens (tertiary/aromatic N) is 1. The van der Waals surface area contributed by atoms with Gasteiger partial charge in [-0.15, -0.1) is 0 Å². The van der Waals surface area contributed by atoms with Gasteiger partial charge in [0.1, 0.15) is 5.75 Å². The van der Waals surface area contributed by atoms with Gasteiger partial charge in [-0.25, -0.2) is 0 Å². The normalized spacial score (nSPS) is 12.4. The smallest absolute Gasteiger partial charge is 0.123 e. The molecule has 2 aromatic carbocycles. The van der Waals surface area contributed by atoms with Gasteiger partial charge in [0.2, 0.25) is 0 Å². The number of para-hydroxylation sites is 1. The molecule has 0 heterocycles. The van der Waals surface area contributed by atoms with E-state index in [0.717, 1.165) is 18.8 Å². The molecule has 0 spiro atoms. The van der Waals surface area contributed by atoms with Crippen LogP contribution in [0.4, 0.5) is 0 Å². The van der Waals surface area contributed by atoms with Crippen LogP contribution in [0.2, 0.25) is 0 Å². The van der Waals surface area contributed by atoms with Gasteiger partial charge < -0.3 is 15.0 Å². The summed E-state index contributed by atoms with van der Waals surface area (Å²) in [7, 11) is 5.91. The molecule has 1 unspecified atom stereocenters. The van der Waals surface area contributed by atoms with Crippen molar-refractivity contribution in [1.82, 2.24) is 10.2 Å². The van der Waals surface area contributed by atoms with Crippen LogP contribution in [0.3, 0.4) is 0 Å². The molecule has 0 amide bonds. The van der Waals surface area contributed by atoms with Crippen molar-refractivity contribution in [2.75, 3.05) is 27.7 Å². The van der Waals surface area contributed by atoms with Crippen molar-refractivity contribution in [3.05, 3.63) is 65.7 Å². The summed E-state index contributed by atoms with van der Waals surface area (Å²) in [6.07, 6.45) is 0. The van der Waals surface area contributed by atoms with Crippen LogP contribution in [0.15, 0.2) is 54.6 Å². The molecule has 3 nitrogen and oxygen atoms in total. The summed E-state index contributed by atoms with van der Waals surface area (Å²) in [4.78, 5) is 2.20. The molecular formula is C18H24N2O. The van der Waals surface area contributed by atoms with Crippen molar-refractivity contribution < 1.29 is 4.74 Å². The highest BCUT2D eigenvalue weighted by Gasteiger charge is 2.12. The van der Waals surface area contributed by atoms with Crippen LogP contribution in [0.1, 0.15) is 17.2 Å². The van der Waals surface area contributed by atoms with E-state index in [1.54, 1.807) is 7.11 Å². The van der Waals surface area contributed by atoms with Crippen LogP contribution in [0, 0.1) is 0 Å².